The molecule has 6 heteroatoms. The highest BCUT2D eigenvalue weighted by Crippen LogP contribution is 2.53. The summed E-state index contributed by atoms with van der Waals surface area (Å²) in [5.74, 6) is 3.36. The van der Waals surface area contributed by atoms with Crippen LogP contribution in [-0.4, -0.2) is 28.7 Å². The predicted molar refractivity (Wildman–Crippen MR) is 89.5 cm³/mol. The number of aromatic nitrogens is 2. The number of halogens is 1. The number of nitrogens with one attached hydrogen (secondary N) is 3. The van der Waals surface area contributed by atoms with Crippen molar-refractivity contribution in [1.29, 1.82) is 0 Å². The molecular formula is C17H25ClN4O. The van der Waals surface area contributed by atoms with Crippen LogP contribution < -0.4 is 10.6 Å². The van der Waals surface area contributed by atoms with Gasteiger partial charge in [-0.25, -0.2) is 0 Å². The third kappa shape index (κ3) is 2.49. The maximum Gasteiger partial charge on any atom is 0.272 e. The molecule has 1 aliphatic heterocycles. The Morgan fingerprint density at radius 3 is 2.48 bits per heavy atom. The highest BCUT2D eigenvalue weighted by molar-refractivity contribution is 5.94. The van der Waals surface area contributed by atoms with Crippen molar-refractivity contribution in [3.8, 4) is 0 Å². The van der Waals surface area contributed by atoms with Crippen LogP contribution in [0.3, 0.4) is 0 Å². The van der Waals surface area contributed by atoms with Crippen molar-refractivity contribution in [3.05, 3.63) is 17.0 Å². The lowest BCUT2D eigenvalue weighted by Gasteiger charge is -2.54. The van der Waals surface area contributed by atoms with Crippen molar-refractivity contribution >= 4 is 18.3 Å². The summed E-state index contributed by atoms with van der Waals surface area (Å²) in [7, 11) is 0. The van der Waals surface area contributed by atoms with E-state index in [1.165, 1.54) is 32.1 Å². The van der Waals surface area contributed by atoms with Gasteiger partial charge in [0.1, 0.15) is 0 Å². The van der Waals surface area contributed by atoms with Gasteiger partial charge in [0, 0.05) is 36.8 Å². The number of H-pyrrole nitrogens is 1. The Kier molecular flexibility index (Phi) is 3.88. The topological polar surface area (TPSA) is 69.8 Å². The Morgan fingerprint density at radius 1 is 1.09 bits per heavy atom. The number of aromatic amines is 1. The first kappa shape index (κ1) is 15.5. The second-order valence-corrected chi connectivity index (χ2v) is 7.89. The summed E-state index contributed by atoms with van der Waals surface area (Å²) in [6.07, 6.45) is 7.71. The number of carbonyl (C=O) groups excluding carboxylic acids is 1. The lowest BCUT2D eigenvalue weighted by Crippen LogP contribution is -2.56. The van der Waals surface area contributed by atoms with Gasteiger partial charge in [-0.2, -0.15) is 5.10 Å². The summed E-state index contributed by atoms with van der Waals surface area (Å²) in [5.41, 5.74) is 2.83. The Bertz CT molecular complexity index is 586. The Morgan fingerprint density at radius 2 is 1.78 bits per heavy atom. The predicted octanol–water partition coefficient (Wildman–Crippen LogP) is 2.03. The van der Waals surface area contributed by atoms with Crippen LogP contribution in [0, 0.1) is 23.7 Å². The van der Waals surface area contributed by atoms with Gasteiger partial charge in [0.05, 0.1) is 0 Å². The molecule has 0 aromatic carbocycles. The van der Waals surface area contributed by atoms with Crippen LogP contribution in [0.5, 0.6) is 0 Å². The van der Waals surface area contributed by atoms with Crippen molar-refractivity contribution in [2.75, 3.05) is 6.54 Å². The fourth-order valence-electron chi connectivity index (χ4n) is 5.79. The summed E-state index contributed by atoms with van der Waals surface area (Å²) in [6.45, 7) is 1.72. The molecule has 1 amide bonds. The van der Waals surface area contributed by atoms with Crippen LogP contribution in [-0.2, 0) is 13.0 Å². The van der Waals surface area contributed by atoms with Gasteiger partial charge in [0.15, 0.2) is 5.69 Å². The minimum atomic E-state index is 0. The van der Waals surface area contributed by atoms with Gasteiger partial charge in [-0.05, 0) is 55.8 Å². The summed E-state index contributed by atoms with van der Waals surface area (Å²) >= 11 is 0. The van der Waals surface area contributed by atoms with Crippen LogP contribution in [0.1, 0.15) is 53.8 Å². The minimum absolute atomic E-state index is 0. The molecule has 0 radical (unpaired) electrons. The standard InChI is InChI=1S/C17H24N4O.ClH/c22-17(16-13-8-18-2-1-14(13)20-21-16)19-15-11-4-9-3-10(6-11)7-12(15)5-9;/h9-12,15,18H,1-8H2,(H,19,22)(H,20,21);1H. The zero-order valence-electron chi connectivity index (χ0n) is 13.3. The molecule has 126 valence electrons. The van der Waals surface area contributed by atoms with Gasteiger partial charge in [-0.1, -0.05) is 0 Å². The fraction of sp³-hybridized carbons (Fsp3) is 0.765. The highest BCUT2D eigenvalue weighted by Gasteiger charge is 2.48. The molecule has 5 aliphatic rings. The number of hydrogen-bond acceptors (Lipinski definition) is 3. The second kappa shape index (κ2) is 5.78. The van der Waals surface area contributed by atoms with Crippen LogP contribution in [0.4, 0.5) is 0 Å². The van der Waals surface area contributed by atoms with E-state index in [1.54, 1.807) is 0 Å². The normalized spacial score (nSPS) is 37.1. The second-order valence-electron chi connectivity index (χ2n) is 7.89. The van der Waals surface area contributed by atoms with Crippen LogP contribution in [0.2, 0.25) is 0 Å². The molecule has 0 unspecified atom stereocenters. The van der Waals surface area contributed by atoms with Crippen molar-refractivity contribution in [3.63, 3.8) is 0 Å². The number of carbonyl (C=O) groups is 1. The average Bonchev–Trinajstić information content (AvgIpc) is 2.94. The van der Waals surface area contributed by atoms with E-state index in [1.807, 2.05) is 0 Å². The third-order valence-electron chi connectivity index (χ3n) is 6.55. The van der Waals surface area contributed by atoms with Gasteiger partial charge in [0.25, 0.3) is 5.91 Å². The van der Waals surface area contributed by atoms with Crippen LogP contribution >= 0.6 is 12.4 Å². The summed E-state index contributed by atoms with van der Waals surface area (Å²) < 4.78 is 0. The summed E-state index contributed by atoms with van der Waals surface area (Å²) in [4.78, 5) is 12.7. The molecule has 2 heterocycles. The van der Waals surface area contributed by atoms with Crippen molar-refractivity contribution in [2.45, 2.75) is 51.1 Å². The van der Waals surface area contributed by atoms with Gasteiger partial charge >= 0.3 is 0 Å². The van der Waals surface area contributed by atoms with Gasteiger partial charge in [0.2, 0.25) is 0 Å². The van der Waals surface area contributed by atoms with E-state index in [4.69, 9.17) is 0 Å². The number of nitrogens with zero attached hydrogens (tertiary/aromatic N) is 1. The molecular weight excluding hydrogens is 312 g/mol. The first-order chi connectivity index (χ1) is 10.8. The van der Waals surface area contributed by atoms with E-state index in [0.29, 0.717) is 23.6 Å². The first-order valence-corrected chi connectivity index (χ1v) is 8.85. The molecule has 0 spiro atoms. The molecule has 23 heavy (non-hydrogen) atoms. The van der Waals surface area contributed by atoms with Gasteiger partial charge in [-0.3, -0.25) is 9.89 Å². The summed E-state index contributed by atoms with van der Waals surface area (Å²) in [6, 6.07) is 0.393. The Hall–Kier alpha value is -1.07. The third-order valence-corrected chi connectivity index (χ3v) is 6.55. The Balaban J connectivity index is 0.00000135. The van der Waals surface area contributed by atoms with Crippen molar-refractivity contribution in [2.24, 2.45) is 23.7 Å². The molecule has 4 aliphatic carbocycles. The van der Waals surface area contributed by atoms with Crippen LogP contribution in [0.25, 0.3) is 0 Å². The molecule has 0 atom stereocenters. The largest absolute Gasteiger partial charge is 0.347 e. The maximum atomic E-state index is 12.7. The van der Waals surface area contributed by atoms with Gasteiger partial charge < -0.3 is 10.6 Å². The fourth-order valence-corrected chi connectivity index (χ4v) is 5.79. The lowest BCUT2D eigenvalue weighted by molar-refractivity contribution is -0.0120. The SMILES string of the molecule is Cl.O=C(NC1C2CC3CC(C2)CC1C3)c1n[nH]c2c1CNCC2. The molecule has 6 rings (SSSR count). The average molecular weight is 337 g/mol. The Labute approximate surface area is 142 Å². The number of amides is 1. The maximum absolute atomic E-state index is 12.7. The number of hydrogen-bond donors (Lipinski definition) is 3. The first-order valence-electron chi connectivity index (χ1n) is 8.85. The van der Waals surface area contributed by atoms with Crippen LogP contribution in [0.15, 0.2) is 0 Å². The molecule has 1 aromatic rings. The van der Waals surface area contributed by atoms with E-state index < -0.39 is 0 Å². The quantitative estimate of drug-likeness (QED) is 0.774. The number of fused-ring (bicyclic) bond motifs is 1. The molecule has 3 N–H and O–H groups in total. The zero-order valence-corrected chi connectivity index (χ0v) is 14.1. The molecule has 1 aromatic heterocycles. The number of rotatable bonds is 2. The molecule has 4 fully saturated rings. The molecule has 4 saturated carbocycles. The minimum Gasteiger partial charge on any atom is -0.347 e. The molecule has 4 bridgehead atoms. The zero-order chi connectivity index (χ0) is 14.7. The molecule has 5 nitrogen and oxygen atoms in total. The monoisotopic (exact) mass is 336 g/mol. The van der Waals surface area contributed by atoms with E-state index in [-0.39, 0.29) is 18.3 Å². The van der Waals surface area contributed by atoms with E-state index in [2.05, 4.69) is 20.8 Å². The smallest absolute Gasteiger partial charge is 0.272 e. The van der Waals surface area contributed by atoms with E-state index in [9.17, 15) is 4.79 Å². The lowest BCUT2D eigenvalue weighted by atomic mass is 9.54. The van der Waals surface area contributed by atoms with Crippen molar-refractivity contribution in [1.82, 2.24) is 20.8 Å². The van der Waals surface area contributed by atoms with Crippen molar-refractivity contribution < 1.29 is 4.79 Å². The van der Waals surface area contributed by atoms with Gasteiger partial charge in [-0.15, -0.1) is 12.4 Å². The van der Waals surface area contributed by atoms with E-state index >= 15 is 0 Å². The highest BCUT2D eigenvalue weighted by atomic mass is 35.5. The summed E-state index contributed by atoms with van der Waals surface area (Å²) in [5, 5.41) is 14.1. The van der Waals surface area contributed by atoms with E-state index in [0.717, 1.165) is 42.6 Å². The molecule has 0 saturated heterocycles.